The third-order valence-electron chi connectivity index (χ3n) is 2.41. The molecule has 1 heterocycles. The fraction of sp³-hybridized carbons (Fsp3) is 0.300. The van der Waals surface area contributed by atoms with E-state index in [0.29, 0.717) is 0 Å². The van der Waals surface area contributed by atoms with Gasteiger partial charge in [-0.25, -0.2) is 4.57 Å². The average molecular weight is 146 g/mol. The number of aryl methyl sites for hydroxylation is 1. The fourth-order valence-electron chi connectivity index (χ4n) is 1.55. The van der Waals surface area contributed by atoms with E-state index >= 15 is 0 Å². The van der Waals surface area contributed by atoms with Crippen LogP contribution in [0.5, 0.6) is 0 Å². The number of nitrogens with zero attached hydrogens (tertiary/aromatic N) is 1. The predicted octanol–water partition coefficient (Wildman–Crippen LogP) is 1.39. The summed E-state index contributed by atoms with van der Waals surface area (Å²) in [5.74, 6) is 0. The van der Waals surface area contributed by atoms with E-state index in [4.69, 9.17) is 0 Å². The minimum Gasteiger partial charge on any atom is -0.205 e. The molecule has 1 heteroatoms. The Kier molecular flexibility index (Phi) is 1.31. The van der Waals surface area contributed by atoms with Crippen LogP contribution in [0.4, 0.5) is 0 Å². The second-order valence-electron chi connectivity index (χ2n) is 3.05. The average Bonchev–Trinajstić information content (AvgIpc) is 2.45. The van der Waals surface area contributed by atoms with Crippen LogP contribution in [-0.2, 0) is 13.5 Å². The summed E-state index contributed by atoms with van der Waals surface area (Å²) in [4.78, 5) is 0. The van der Waals surface area contributed by atoms with Crippen LogP contribution in [-0.4, -0.2) is 0 Å². The van der Waals surface area contributed by atoms with Crippen LogP contribution in [0.2, 0.25) is 0 Å². The van der Waals surface area contributed by atoms with Crippen LogP contribution < -0.4 is 4.57 Å². The molecule has 0 unspecified atom stereocenters. The summed E-state index contributed by atoms with van der Waals surface area (Å²) < 4.78 is 2.17. The van der Waals surface area contributed by atoms with E-state index in [2.05, 4.69) is 43.0 Å². The van der Waals surface area contributed by atoms with Crippen molar-refractivity contribution in [2.45, 2.75) is 13.3 Å². The molecule has 1 aliphatic rings. The molecule has 0 saturated carbocycles. The topological polar surface area (TPSA) is 3.88 Å². The molecule has 0 spiro atoms. The normalized spacial score (nSPS) is 13.6. The smallest absolute Gasteiger partial charge is 0.182 e. The van der Waals surface area contributed by atoms with Gasteiger partial charge < -0.3 is 0 Å². The number of allylic oxidation sites excluding steroid dienone is 1. The Morgan fingerprint density at radius 3 is 3.09 bits per heavy atom. The molecule has 0 radical (unpaired) electrons. The summed E-state index contributed by atoms with van der Waals surface area (Å²) in [5.41, 5.74) is 4.25. The predicted molar refractivity (Wildman–Crippen MR) is 45.1 cm³/mol. The Bertz CT molecular complexity index is 324. The number of hydrogen-bond acceptors (Lipinski definition) is 0. The van der Waals surface area contributed by atoms with E-state index < -0.39 is 0 Å². The lowest BCUT2D eigenvalue weighted by molar-refractivity contribution is -0.678. The van der Waals surface area contributed by atoms with E-state index in [1.54, 1.807) is 0 Å². The molecule has 0 aliphatic heterocycles. The lowest BCUT2D eigenvalue weighted by atomic mass is 10.1. The van der Waals surface area contributed by atoms with Gasteiger partial charge in [-0.1, -0.05) is 12.2 Å². The third kappa shape index (κ3) is 0.881. The molecule has 1 nitrogen and oxygen atoms in total. The van der Waals surface area contributed by atoms with Gasteiger partial charge in [0.05, 0.1) is 0 Å². The largest absolute Gasteiger partial charge is 0.205 e. The van der Waals surface area contributed by atoms with Gasteiger partial charge in [0.15, 0.2) is 11.9 Å². The Morgan fingerprint density at radius 1 is 1.45 bits per heavy atom. The molecular formula is C10H12N+. The number of pyridine rings is 1. The standard InChI is InChI=1S/C10H12N/c1-8-10-5-3-4-9(10)6-7-11(8)2/h3-4,6-7H,5H2,1-2H3/q+1. The van der Waals surface area contributed by atoms with E-state index in [-0.39, 0.29) is 0 Å². The summed E-state index contributed by atoms with van der Waals surface area (Å²) in [5, 5.41) is 0. The van der Waals surface area contributed by atoms with Crippen molar-refractivity contribution >= 4 is 6.08 Å². The Hall–Kier alpha value is -1.11. The van der Waals surface area contributed by atoms with Crippen molar-refractivity contribution in [2.24, 2.45) is 7.05 Å². The van der Waals surface area contributed by atoms with E-state index in [0.717, 1.165) is 6.42 Å². The van der Waals surface area contributed by atoms with Gasteiger partial charge in [0.1, 0.15) is 7.05 Å². The van der Waals surface area contributed by atoms with Gasteiger partial charge in [0.2, 0.25) is 0 Å². The Labute approximate surface area is 67.0 Å². The van der Waals surface area contributed by atoms with Crippen LogP contribution >= 0.6 is 0 Å². The molecule has 0 saturated heterocycles. The summed E-state index contributed by atoms with van der Waals surface area (Å²) in [6.45, 7) is 2.17. The minimum atomic E-state index is 1.11. The molecular weight excluding hydrogens is 134 g/mol. The summed E-state index contributed by atoms with van der Waals surface area (Å²) >= 11 is 0. The molecule has 0 amide bonds. The first-order chi connectivity index (χ1) is 5.29. The van der Waals surface area contributed by atoms with Crippen molar-refractivity contribution in [3.8, 4) is 0 Å². The second-order valence-corrected chi connectivity index (χ2v) is 3.05. The maximum absolute atomic E-state index is 2.22. The molecule has 1 aromatic heterocycles. The highest BCUT2D eigenvalue weighted by Crippen LogP contribution is 2.19. The molecule has 56 valence electrons. The lowest BCUT2D eigenvalue weighted by Gasteiger charge is -1.99. The first-order valence-corrected chi connectivity index (χ1v) is 3.93. The number of aromatic nitrogens is 1. The summed E-state index contributed by atoms with van der Waals surface area (Å²) in [6.07, 6.45) is 7.64. The monoisotopic (exact) mass is 146 g/mol. The van der Waals surface area contributed by atoms with E-state index in [1.807, 2.05) is 0 Å². The molecule has 0 atom stereocenters. The highest BCUT2D eigenvalue weighted by molar-refractivity contribution is 5.59. The number of fused-ring (bicyclic) bond motifs is 1. The molecule has 0 N–H and O–H groups in total. The van der Waals surface area contributed by atoms with Crippen molar-refractivity contribution in [1.82, 2.24) is 0 Å². The highest BCUT2D eigenvalue weighted by Gasteiger charge is 2.13. The van der Waals surface area contributed by atoms with Gasteiger partial charge in [-0.3, -0.25) is 0 Å². The Balaban J connectivity index is 2.67. The third-order valence-corrected chi connectivity index (χ3v) is 2.41. The molecule has 11 heavy (non-hydrogen) atoms. The van der Waals surface area contributed by atoms with Crippen LogP contribution in [0.25, 0.3) is 6.08 Å². The highest BCUT2D eigenvalue weighted by atomic mass is 14.9. The SMILES string of the molecule is Cc1c2c(cc[n+]1C)C=CC2. The van der Waals surface area contributed by atoms with Crippen LogP contribution in [0.3, 0.4) is 0 Å². The zero-order valence-electron chi connectivity index (χ0n) is 6.96. The zero-order chi connectivity index (χ0) is 7.84. The summed E-state index contributed by atoms with van der Waals surface area (Å²) in [6, 6.07) is 2.17. The van der Waals surface area contributed by atoms with Gasteiger partial charge >= 0.3 is 0 Å². The number of hydrogen-bond donors (Lipinski definition) is 0. The van der Waals surface area contributed by atoms with Gasteiger partial charge in [0.25, 0.3) is 0 Å². The van der Waals surface area contributed by atoms with Crippen LogP contribution in [0.1, 0.15) is 16.8 Å². The fourth-order valence-corrected chi connectivity index (χ4v) is 1.55. The molecule has 0 fully saturated rings. The van der Waals surface area contributed by atoms with E-state index in [9.17, 15) is 0 Å². The lowest BCUT2D eigenvalue weighted by Crippen LogP contribution is -2.32. The minimum absolute atomic E-state index is 1.11. The molecule has 1 aromatic rings. The van der Waals surface area contributed by atoms with Gasteiger partial charge in [-0.2, -0.15) is 0 Å². The van der Waals surface area contributed by atoms with Crippen molar-refractivity contribution in [1.29, 1.82) is 0 Å². The van der Waals surface area contributed by atoms with Crippen molar-refractivity contribution in [2.75, 3.05) is 0 Å². The quantitative estimate of drug-likeness (QED) is 0.487. The zero-order valence-corrected chi connectivity index (χ0v) is 6.96. The summed E-state index contributed by atoms with van der Waals surface area (Å²) in [7, 11) is 2.09. The molecule has 0 aromatic carbocycles. The molecule has 0 bridgehead atoms. The van der Waals surface area contributed by atoms with Crippen LogP contribution in [0.15, 0.2) is 18.3 Å². The van der Waals surface area contributed by atoms with Gasteiger partial charge in [-0.05, 0) is 12.0 Å². The first kappa shape index (κ1) is 6.59. The van der Waals surface area contributed by atoms with Crippen LogP contribution in [0, 0.1) is 6.92 Å². The van der Waals surface area contributed by atoms with Crippen molar-refractivity contribution in [3.63, 3.8) is 0 Å². The van der Waals surface area contributed by atoms with Crippen molar-refractivity contribution < 1.29 is 4.57 Å². The van der Waals surface area contributed by atoms with Crippen molar-refractivity contribution in [3.05, 3.63) is 35.2 Å². The first-order valence-electron chi connectivity index (χ1n) is 3.93. The van der Waals surface area contributed by atoms with Gasteiger partial charge in [-0.15, -0.1) is 0 Å². The van der Waals surface area contributed by atoms with Gasteiger partial charge in [0, 0.05) is 18.6 Å². The molecule has 1 aliphatic carbocycles. The maximum Gasteiger partial charge on any atom is 0.182 e. The molecule has 2 rings (SSSR count). The van der Waals surface area contributed by atoms with E-state index in [1.165, 1.54) is 16.8 Å². The number of rotatable bonds is 0. The maximum atomic E-state index is 2.22. The Morgan fingerprint density at radius 2 is 2.27 bits per heavy atom. The second kappa shape index (κ2) is 2.19.